The van der Waals surface area contributed by atoms with E-state index >= 15 is 0 Å². The Hall–Kier alpha value is -1.51. The molecule has 0 amide bonds. The van der Waals surface area contributed by atoms with Crippen LogP contribution in [0.5, 0.6) is 0 Å². The molecule has 1 heterocycles. The van der Waals surface area contributed by atoms with Crippen LogP contribution in [0.3, 0.4) is 0 Å². The van der Waals surface area contributed by atoms with Gasteiger partial charge in [-0.1, -0.05) is 17.7 Å². The van der Waals surface area contributed by atoms with Gasteiger partial charge in [-0.3, -0.25) is 4.79 Å². The number of aryl methyl sites for hydroxylation is 1. The molecule has 0 aliphatic carbocycles. The molecule has 0 bridgehead atoms. The molecule has 3 heteroatoms. The van der Waals surface area contributed by atoms with Crippen LogP contribution in [-0.4, -0.2) is 17.1 Å². The number of carboxylic acids is 1. The quantitative estimate of drug-likeness (QED) is 0.740. The minimum Gasteiger partial charge on any atom is -0.481 e. The van der Waals surface area contributed by atoms with Crippen LogP contribution >= 0.6 is 0 Å². The molecule has 1 aromatic rings. The first-order chi connectivity index (χ1) is 7.08. The second-order valence-electron chi connectivity index (χ2n) is 4.26. The third-order valence-electron chi connectivity index (χ3n) is 2.87. The zero-order valence-electron chi connectivity index (χ0n) is 8.95. The van der Waals surface area contributed by atoms with Crippen LogP contribution in [0.15, 0.2) is 18.2 Å². The first kappa shape index (κ1) is 10.0. The standard InChI is InChI=1S/C12H15NO2/c1-7-3-4-11-9(5-7)10(12(14)15)6-8(2)13-11/h3-5,8,10,13H,6H2,1-2H3,(H,14,15). The molecule has 3 nitrogen and oxygen atoms in total. The van der Waals surface area contributed by atoms with E-state index in [0.717, 1.165) is 16.8 Å². The van der Waals surface area contributed by atoms with Gasteiger partial charge in [0.15, 0.2) is 0 Å². The summed E-state index contributed by atoms with van der Waals surface area (Å²) in [4.78, 5) is 11.1. The lowest BCUT2D eigenvalue weighted by Crippen LogP contribution is -2.29. The van der Waals surface area contributed by atoms with Gasteiger partial charge in [-0.05, 0) is 31.9 Å². The van der Waals surface area contributed by atoms with Crippen LogP contribution in [-0.2, 0) is 4.79 Å². The van der Waals surface area contributed by atoms with Crippen molar-refractivity contribution < 1.29 is 9.90 Å². The fraction of sp³-hybridized carbons (Fsp3) is 0.417. The first-order valence-electron chi connectivity index (χ1n) is 5.18. The van der Waals surface area contributed by atoms with E-state index in [9.17, 15) is 4.79 Å². The van der Waals surface area contributed by atoms with Gasteiger partial charge in [-0.25, -0.2) is 0 Å². The van der Waals surface area contributed by atoms with Crippen molar-refractivity contribution in [2.75, 3.05) is 5.32 Å². The van der Waals surface area contributed by atoms with Crippen molar-refractivity contribution in [3.8, 4) is 0 Å². The maximum Gasteiger partial charge on any atom is 0.311 e. The van der Waals surface area contributed by atoms with Crippen molar-refractivity contribution in [2.45, 2.75) is 32.2 Å². The Balaban J connectivity index is 2.47. The number of aliphatic carboxylic acids is 1. The molecular formula is C12H15NO2. The maximum atomic E-state index is 11.1. The number of hydrogen-bond donors (Lipinski definition) is 2. The van der Waals surface area contributed by atoms with Crippen molar-refractivity contribution in [3.05, 3.63) is 29.3 Å². The molecule has 1 aliphatic heterocycles. The number of carbonyl (C=O) groups is 1. The summed E-state index contributed by atoms with van der Waals surface area (Å²) in [6.07, 6.45) is 0.659. The van der Waals surface area contributed by atoms with Crippen molar-refractivity contribution in [3.63, 3.8) is 0 Å². The molecule has 2 N–H and O–H groups in total. The molecular weight excluding hydrogens is 190 g/mol. The van der Waals surface area contributed by atoms with Crippen molar-refractivity contribution in [1.82, 2.24) is 0 Å². The Morgan fingerprint density at radius 1 is 1.53 bits per heavy atom. The summed E-state index contributed by atoms with van der Waals surface area (Å²) < 4.78 is 0. The van der Waals surface area contributed by atoms with Crippen molar-refractivity contribution in [1.29, 1.82) is 0 Å². The van der Waals surface area contributed by atoms with Gasteiger partial charge in [0.05, 0.1) is 5.92 Å². The van der Waals surface area contributed by atoms with Gasteiger partial charge in [0.2, 0.25) is 0 Å². The fourth-order valence-electron chi connectivity index (χ4n) is 2.14. The molecule has 0 fully saturated rings. The Labute approximate surface area is 89.1 Å². The molecule has 1 aromatic carbocycles. The molecule has 15 heavy (non-hydrogen) atoms. The number of hydrogen-bond acceptors (Lipinski definition) is 2. The third kappa shape index (κ3) is 1.82. The molecule has 80 valence electrons. The summed E-state index contributed by atoms with van der Waals surface area (Å²) in [5.41, 5.74) is 2.99. The summed E-state index contributed by atoms with van der Waals surface area (Å²) >= 11 is 0. The Morgan fingerprint density at radius 2 is 2.27 bits per heavy atom. The van der Waals surface area contributed by atoms with E-state index in [-0.39, 0.29) is 12.0 Å². The lowest BCUT2D eigenvalue weighted by molar-refractivity contribution is -0.139. The molecule has 0 radical (unpaired) electrons. The summed E-state index contributed by atoms with van der Waals surface area (Å²) in [7, 11) is 0. The summed E-state index contributed by atoms with van der Waals surface area (Å²) in [5.74, 6) is -1.09. The average Bonchev–Trinajstić information content (AvgIpc) is 2.17. The van der Waals surface area contributed by atoms with E-state index in [2.05, 4.69) is 5.32 Å². The highest BCUT2D eigenvalue weighted by molar-refractivity contribution is 5.80. The molecule has 2 rings (SSSR count). The minimum atomic E-state index is -0.727. The van der Waals surface area contributed by atoms with E-state index in [1.54, 1.807) is 0 Å². The summed E-state index contributed by atoms with van der Waals surface area (Å²) in [5, 5.41) is 12.5. The number of benzene rings is 1. The number of rotatable bonds is 1. The number of anilines is 1. The van der Waals surface area contributed by atoms with Crippen LogP contribution in [0, 0.1) is 6.92 Å². The Kier molecular flexibility index (Phi) is 2.39. The maximum absolute atomic E-state index is 11.1. The highest BCUT2D eigenvalue weighted by Gasteiger charge is 2.29. The third-order valence-corrected chi connectivity index (χ3v) is 2.87. The van der Waals surface area contributed by atoms with E-state index in [1.165, 1.54) is 0 Å². The summed E-state index contributed by atoms with van der Waals surface area (Å²) in [6, 6.07) is 6.16. The lowest BCUT2D eigenvalue weighted by Gasteiger charge is -2.29. The predicted molar refractivity (Wildman–Crippen MR) is 59.3 cm³/mol. The highest BCUT2D eigenvalue weighted by atomic mass is 16.4. The predicted octanol–water partition coefficient (Wildman–Crippen LogP) is 2.37. The van der Waals surface area contributed by atoms with Gasteiger partial charge in [0.25, 0.3) is 0 Å². The van der Waals surface area contributed by atoms with E-state index < -0.39 is 5.97 Å². The van der Waals surface area contributed by atoms with E-state index in [4.69, 9.17) is 5.11 Å². The summed E-state index contributed by atoms with van der Waals surface area (Å²) in [6.45, 7) is 4.00. The molecule has 0 saturated carbocycles. The smallest absolute Gasteiger partial charge is 0.311 e. The highest BCUT2D eigenvalue weighted by Crippen LogP contribution is 2.34. The Morgan fingerprint density at radius 3 is 2.93 bits per heavy atom. The minimum absolute atomic E-state index is 0.223. The number of nitrogens with one attached hydrogen (secondary N) is 1. The number of carboxylic acid groups (broad SMARTS) is 1. The van der Waals surface area contributed by atoms with Gasteiger partial charge < -0.3 is 10.4 Å². The zero-order valence-corrected chi connectivity index (χ0v) is 8.95. The molecule has 0 spiro atoms. The van der Waals surface area contributed by atoms with Crippen molar-refractivity contribution >= 4 is 11.7 Å². The molecule has 0 aromatic heterocycles. The normalized spacial score (nSPS) is 24.1. The van der Waals surface area contributed by atoms with Crippen LogP contribution in [0.25, 0.3) is 0 Å². The van der Waals surface area contributed by atoms with E-state index in [1.807, 2.05) is 32.0 Å². The van der Waals surface area contributed by atoms with Crippen LogP contribution in [0.1, 0.15) is 30.4 Å². The Bertz CT molecular complexity index is 401. The van der Waals surface area contributed by atoms with Crippen LogP contribution in [0.2, 0.25) is 0 Å². The van der Waals surface area contributed by atoms with Gasteiger partial charge in [-0.2, -0.15) is 0 Å². The van der Waals surface area contributed by atoms with Crippen LogP contribution < -0.4 is 5.32 Å². The zero-order chi connectivity index (χ0) is 11.0. The molecule has 2 atom stereocenters. The van der Waals surface area contributed by atoms with Crippen LogP contribution in [0.4, 0.5) is 5.69 Å². The molecule has 0 saturated heterocycles. The SMILES string of the molecule is Cc1ccc2c(c1)C(C(=O)O)CC(C)N2. The van der Waals surface area contributed by atoms with Crippen molar-refractivity contribution in [2.24, 2.45) is 0 Å². The van der Waals surface area contributed by atoms with E-state index in [0.29, 0.717) is 6.42 Å². The first-order valence-corrected chi connectivity index (χ1v) is 5.18. The average molecular weight is 205 g/mol. The van der Waals surface area contributed by atoms with Gasteiger partial charge >= 0.3 is 5.97 Å². The van der Waals surface area contributed by atoms with Gasteiger partial charge in [-0.15, -0.1) is 0 Å². The topological polar surface area (TPSA) is 49.3 Å². The van der Waals surface area contributed by atoms with Gasteiger partial charge in [0, 0.05) is 11.7 Å². The van der Waals surface area contributed by atoms with Gasteiger partial charge in [0.1, 0.15) is 0 Å². The monoisotopic (exact) mass is 205 g/mol. The second-order valence-corrected chi connectivity index (χ2v) is 4.26. The number of fused-ring (bicyclic) bond motifs is 1. The fourth-order valence-corrected chi connectivity index (χ4v) is 2.14. The molecule has 1 aliphatic rings. The molecule has 2 unspecified atom stereocenters. The largest absolute Gasteiger partial charge is 0.481 e. The lowest BCUT2D eigenvalue weighted by atomic mass is 9.87. The second kappa shape index (κ2) is 3.57.